The number of carboxylic acid groups (broad SMARTS) is 1. The van der Waals surface area contributed by atoms with Crippen LogP contribution in [0.4, 0.5) is 0 Å². The summed E-state index contributed by atoms with van der Waals surface area (Å²) in [5.41, 5.74) is 2.47. The molecule has 1 heterocycles. The van der Waals surface area contributed by atoms with Crippen molar-refractivity contribution in [2.45, 2.75) is 96.4 Å². The molecule has 5 amide bonds. The first kappa shape index (κ1) is 36.1. The highest BCUT2D eigenvalue weighted by Gasteiger charge is 2.38. The smallest absolute Gasteiger partial charge is 0.326 e. The quantitative estimate of drug-likeness (QED) is 0.219. The minimum absolute atomic E-state index is 0.0725. The molecule has 1 saturated carbocycles. The summed E-state index contributed by atoms with van der Waals surface area (Å²) in [6, 6.07) is 12.4. The standard InChI is InChI=1S/C36H47N5O7/c1-22(2)31(38-23(3)42)35(46)40-32(25-14-8-5-9-15-25)34(45)37-20-30(43)41-21-27-17-11-10-16-26(27)19-29(41)33(44)39-28(36(47)48)18-24-12-6-4-7-13-24/h4,6-7,10-13,16-17,22,25,28-29,31-32H,5,8-9,14-15,18-21H2,1-3H3,(H,37,45)(H,38,42)(H,39,44)(H,40,46)(H,47,48)/t28-,29-,31-,32?/m0/s1. The molecule has 48 heavy (non-hydrogen) atoms. The van der Waals surface area contributed by atoms with E-state index in [1.807, 2.05) is 30.3 Å². The van der Waals surface area contributed by atoms with Crippen molar-refractivity contribution in [3.63, 3.8) is 0 Å². The summed E-state index contributed by atoms with van der Waals surface area (Å²) >= 11 is 0. The number of hydrogen-bond donors (Lipinski definition) is 5. The van der Waals surface area contributed by atoms with E-state index in [9.17, 15) is 33.9 Å². The maximum atomic E-state index is 13.8. The summed E-state index contributed by atoms with van der Waals surface area (Å²) in [6.45, 7) is 4.62. The van der Waals surface area contributed by atoms with Crippen molar-refractivity contribution in [3.8, 4) is 0 Å². The Morgan fingerprint density at radius 3 is 2.10 bits per heavy atom. The van der Waals surface area contributed by atoms with Gasteiger partial charge in [0.25, 0.3) is 0 Å². The fourth-order valence-corrected chi connectivity index (χ4v) is 6.57. The Balaban J connectivity index is 1.49. The van der Waals surface area contributed by atoms with Gasteiger partial charge in [-0.3, -0.25) is 24.0 Å². The lowest BCUT2D eigenvalue weighted by Crippen LogP contribution is -2.59. The first-order valence-electron chi connectivity index (χ1n) is 16.7. The summed E-state index contributed by atoms with van der Waals surface area (Å²) in [5, 5.41) is 20.8. The SMILES string of the molecule is CC(=O)N[C@H](C(=O)NC(C(=O)NCC(=O)N1Cc2ccccc2C[C@H]1C(=O)N[C@@H](Cc1ccccc1)C(=O)O)C1CCCCC1)C(C)C. The Bertz CT molecular complexity index is 1470. The van der Waals surface area contributed by atoms with Crippen LogP contribution in [-0.2, 0) is 48.2 Å². The van der Waals surface area contributed by atoms with Gasteiger partial charge in [-0.15, -0.1) is 0 Å². The molecular weight excluding hydrogens is 614 g/mol. The number of benzene rings is 2. The number of carbonyl (C=O) groups excluding carboxylic acids is 5. The molecule has 0 saturated heterocycles. The number of hydrogen-bond acceptors (Lipinski definition) is 6. The summed E-state index contributed by atoms with van der Waals surface area (Å²) in [7, 11) is 0. The Kier molecular flexibility index (Phi) is 12.7. The van der Waals surface area contributed by atoms with E-state index in [-0.39, 0.29) is 37.1 Å². The normalized spacial score (nSPS) is 18.1. The zero-order valence-corrected chi connectivity index (χ0v) is 27.9. The number of fused-ring (bicyclic) bond motifs is 1. The van der Waals surface area contributed by atoms with Crippen LogP contribution in [-0.4, -0.2) is 76.2 Å². The third-order valence-corrected chi connectivity index (χ3v) is 9.19. The third kappa shape index (κ3) is 9.65. The maximum Gasteiger partial charge on any atom is 0.326 e. The van der Waals surface area contributed by atoms with Gasteiger partial charge < -0.3 is 31.3 Å². The monoisotopic (exact) mass is 661 g/mol. The summed E-state index contributed by atoms with van der Waals surface area (Å²) in [5.74, 6) is -4.00. The lowest BCUT2D eigenvalue weighted by Gasteiger charge is -2.37. The number of amides is 5. The summed E-state index contributed by atoms with van der Waals surface area (Å²) in [6.07, 6.45) is 4.58. The number of aliphatic carboxylic acids is 1. The molecule has 12 nitrogen and oxygen atoms in total. The number of carboxylic acids is 1. The molecule has 2 aromatic rings. The molecule has 2 aromatic carbocycles. The highest BCUT2D eigenvalue weighted by atomic mass is 16.4. The average Bonchev–Trinajstić information content (AvgIpc) is 3.07. The second kappa shape index (κ2) is 16.9. The van der Waals surface area contributed by atoms with Crippen LogP contribution in [0.5, 0.6) is 0 Å². The van der Waals surface area contributed by atoms with E-state index in [0.29, 0.717) is 0 Å². The van der Waals surface area contributed by atoms with E-state index in [0.717, 1.165) is 48.8 Å². The summed E-state index contributed by atoms with van der Waals surface area (Å²) in [4.78, 5) is 79.6. The maximum absolute atomic E-state index is 13.8. The molecule has 1 fully saturated rings. The fraction of sp³-hybridized carbons (Fsp3) is 0.500. The number of carbonyl (C=O) groups is 6. The van der Waals surface area contributed by atoms with E-state index in [1.54, 1.807) is 38.1 Å². The van der Waals surface area contributed by atoms with Crippen molar-refractivity contribution in [1.82, 2.24) is 26.2 Å². The molecule has 5 N–H and O–H groups in total. The minimum atomic E-state index is -1.21. The molecule has 0 aromatic heterocycles. The van der Waals surface area contributed by atoms with Crippen molar-refractivity contribution in [1.29, 1.82) is 0 Å². The average molecular weight is 662 g/mol. The van der Waals surface area contributed by atoms with Gasteiger partial charge in [-0.05, 0) is 41.4 Å². The van der Waals surface area contributed by atoms with Crippen LogP contribution in [0.1, 0.15) is 69.6 Å². The zero-order valence-electron chi connectivity index (χ0n) is 27.9. The van der Waals surface area contributed by atoms with Crippen LogP contribution in [0.3, 0.4) is 0 Å². The number of nitrogens with zero attached hydrogens (tertiary/aromatic N) is 1. The molecule has 4 atom stereocenters. The van der Waals surface area contributed by atoms with Crippen molar-refractivity contribution < 1.29 is 33.9 Å². The molecule has 0 bridgehead atoms. The van der Waals surface area contributed by atoms with Crippen molar-refractivity contribution in [3.05, 3.63) is 71.3 Å². The van der Waals surface area contributed by atoms with Crippen LogP contribution in [0.15, 0.2) is 54.6 Å². The van der Waals surface area contributed by atoms with E-state index < -0.39 is 60.3 Å². The second-order valence-electron chi connectivity index (χ2n) is 13.1. The van der Waals surface area contributed by atoms with Crippen molar-refractivity contribution >= 4 is 35.5 Å². The highest BCUT2D eigenvalue weighted by molar-refractivity contribution is 5.95. The largest absolute Gasteiger partial charge is 0.480 e. The Morgan fingerprint density at radius 1 is 0.833 bits per heavy atom. The first-order valence-corrected chi connectivity index (χ1v) is 16.7. The highest BCUT2D eigenvalue weighted by Crippen LogP contribution is 2.27. The molecule has 0 radical (unpaired) electrons. The van der Waals surface area contributed by atoms with Crippen LogP contribution < -0.4 is 21.3 Å². The predicted molar refractivity (Wildman–Crippen MR) is 178 cm³/mol. The fourth-order valence-electron chi connectivity index (χ4n) is 6.57. The van der Waals surface area contributed by atoms with Gasteiger partial charge in [0.2, 0.25) is 29.5 Å². The Labute approximate surface area is 281 Å². The lowest BCUT2D eigenvalue weighted by atomic mass is 9.83. The lowest BCUT2D eigenvalue weighted by molar-refractivity contribution is -0.145. The van der Waals surface area contributed by atoms with Gasteiger partial charge in [0, 0.05) is 26.3 Å². The molecule has 12 heteroatoms. The van der Waals surface area contributed by atoms with Crippen LogP contribution in [0.2, 0.25) is 0 Å². The van der Waals surface area contributed by atoms with E-state index in [1.165, 1.54) is 11.8 Å². The molecule has 0 spiro atoms. The van der Waals surface area contributed by atoms with Gasteiger partial charge >= 0.3 is 5.97 Å². The van der Waals surface area contributed by atoms with Crippen molar-refractivity contribution in [2.75, 3.05) is 6.54 Å². The molecule has 2 aliphatic rings. The third-order valence-electron chi connectivity index (χ3n) is 9.19. The van der Waals surface area contributed by atoms with Gasteiger partial charge in [-0.2, -0.15) is 0 Å². The molecule has 1 aliphatic carbocycles. The van der Waals surface area contributed by atoms with E-state index in [2.05, 4.69) is 21.3 Å². The second-order valence-corrected chi connectivity index (χ2v) is 13.1. The van der Waals surface area contributed by atoms with Crippen LogP contribution >= 0.6 is 0 Å². The topological polar surface area (TPSA) is 174 Å². The minimum Gasteiger partial charge on any atom is -0.480 e. The van der Waals surface area contributed by atoms with Crippen molar-refractivity contribution in [2.24, 2.45) is 11.8 Å². The van der Waals surface area contributed by atoms with E-state index >= 15 is 0 Å². The Morgan fingerprint density at radius 2 is 1.48 bits per heavy atom. The Hall–Kier alpha value is -4.74. The zero-order chi connectivity index (χ0) is 34.8. The van der Waals surface area contributed by atoms with Crippen LogP contribution in [0.25, 0.3) is 0 Å². The van der Waals surface area contributed by atoms with Crippen LogP contribution in [0, 0.1) is 11.8 Å². The van der Waals surface area contributed by atoms with Gasteiger partial charge in [0.15, 0.2) is 0 Å². The first-order chi connectivity index (χ1) is 22.9. The summed E-state index contributed by atoms with van der Waals surface area (Å²) < 4.78 is 0. The molecule has 1 unspecified atom stereocenters. The predicted octanol–water partition coefficient (Wildman–Crippen LogP) is 2.09. The molecule has 1 aliphatic heterocycles. The van der Waals surface area contributed by atoms with Gasteiger partial charge in [-0.1, -0.05) is 87.7 Å². The molecule has 4 rings (SSSR count). The van der Waals surface area contributed by atoms with E-state index in [4.69, 9.17) is 0 Å². The van der Waals surface area contributed by atoms with Gasteiger partial charge in [-0.25, -0.2) is 4.79 Å². The van der Waals surface area contributed by atoms with Gasteiger partial charge in [0.05, 0.1) is 6.54 Å². The number of rotatable bonds is 13. The molecular formula is C36H47N5O7. The molecule has 258 valence electrons. The number of nitrogens with one attached hydrogen (secondary N) is 4. The van der Waals surface area contributed by atoms with Gasteiger partial charge in [0.1, 0.15) is 24.2 Å².